The van der Waals surface area contributed by atoms with E-state index < -0.39 is 35.0 Å². The van der Waals surface area contributed by atoms with Gasteiger partial charge in [-0.15, -0.1) is 0 Å². The Kier molecular flexibility index (Phi) is 7.29. The zero-order valence-corrected chi connectivity index (χ0v) is 21.3. The van der Waals surface area contributed by atoms with Crippen molar-refractivity contribution >= 4 is 23.7 Å². The molecule has 3 unspecified atom stereocenters. The molecule has 9 nitrogen and oxygen atoms in total. The van der Waals surface area contributed by atoms with Crippen molar-refractivity contribution in [2.75, 3.05) is 11.9 Å². The van der Waals surface area contributed by atoms with E-state index in [4.69, 9.17) is 4.74 Å². The lowest BCUT2D eigenvalue weighted by Gasteiger charge is -2.42. The molecule has 1 aromatic heterocycles. The number of benzene rings is 1. The maximum atomic E-state index is 14.2. The van der Waals surface area contributed by atoms with Crippen LogP contribution in [0.1, 0.15) is 69.1 Å². The number of hydrogen-bond donors (Lipinski definition) is 3. The molecule has 1 aliphatic carbocycles. The molecule has 3 atom stereocenters. The van der Waals surface area contributed by atoms with Gasteiger partial charge in [0, 0.05) is 18.3 Å². The number of hydrogen-bond acceptors (Lipinski definition) is 8. The highest BCUT2D eigenvalue weighted by molar-refractivity contribution is 5.78. The van der Waals surface area contributed by atoms with Gasteiger partial charge in [-0.1, -0.05) is 12.1 Å². The number of ether oxygens (including phenoxy) is 1. The zero-order chi connectivity index (χ0) is 27.9. The molecule has 0 radical (unpaired) electrons. The normalized spacial score (nSPS) is 19.7. The Morgan fingerprint density at radius 1 is 1.29 bits per heavy atom. The third kappa shape index (κ3) is 4.65. The van der Waals surface area contributed by atoms with E-state index in [1.54, 1.807) is 10.9 Å². The molecule has 0 bridgehead atoms. The monoisotopic (exact) mass is 533 g/mol. The number of rotatable bonds is 9. The van der Waals surface area contributed by atoms with E-state index in [0.29, 0.717) is 23.6 Å². The Morgan fingerprint density at radius 2 is 1.95 bits per heavy atom. The molecule has 1 aromatic carbocycles. The number of alkyl halides is 3. The number of anilines is 2. The van der Waals surface area contributed by atoms with Crippen molar-refractivity contribution in [3.05, 3.63) is 41.1 Å². The van der Waals surface area contributed by atoms with Crippen LogP contribution in [0.3, 0.4) is 0 Å². The van der Waals surface area contributed by atoms with Gasteiger partial charge in [0.15, 0.2) is 12.0 Å². The number of nitriles is 1. The van der Waals surface area contributed by atoms with Crippen molar-refractivity contribution in [2.24, 2.45) is 16.3 Å². The summed E-state index contributed by atoms with van der Waals surface area (Å²) >= 11 is 0. The molecule has 1 aliphatic heterocycles. The van der Waals surface area contributed by atoms with Gasteiger partial charge in [0.1, 0.15) is 5.41 Å². The van der Waals surface area contributed by atoms with Gasteiger partial charge in [0.05, 0.1) is 36.4 Å². The minimum absolute atomic E-state index is 0.137. The second-order valence-corrected chi connectivity index (χ2v) is 10.1. The Morgan fingerprint density at radius 3 is 2.50 bits per heavy atom. The van der Waals surface area contributed by atoms with E-state index in [9.17, 15) is 33.4 Å². The van der Waals surface area contributed by atoms with Gasteiger partial charge in [-0.2, -0.15) is 23.5 Å². The molecule has 204 valence electrons. The minimum atomic E-state index is -5.18. The number of esters is 1. The van der Waals surface area contributed by atoms with E-state index in [-0.39, 0.29) is 24.9 Å². The first-order valence-corrected chi connectivity index (χ1v) is 12.4. The number of halogens is 3. The first-order valence-electron chi connectivity index (χ1n) is 12.4. The number of carbonyl (C=O) groups is 1. The molecule has 0 amide bonds. The zero-order valence-electron chi connectivity index (χ0n) is 21.3. The summed E-state index contributed by atoms with van der Waals surface area (Å²) in [6.07, 6.45) is -2.15. The fraction of sp³-hybridized carbons (Fsp3) is 0.538. The number of aromatic nitrogens is 2. The molecule has 1 fully saturated rings. The predicted octanol–water partition coefficient (Wildman–Crippen LogP) is 4.45. The maximum Gasteiger partial charge on any atom is 0.422 e. The molecule has 2 heterocycles. The average molecular weight is 534 g/mol. The van der Waals surface area contributed by atoms with Gasteiger partial charge in [0.25, 0.3) is 0 Å². The van der Waals surface area contributed by atoms with Crippen LogP contribution in [0.15, 0.2) is 29.3 Å². The summed E-state index contributed by atoms with van der Waals surface area (Å²) in [4.78, 5) is 16.5. The van der Waals surface area contributed by atoms with Gasteiger partial charge < -0.3 is 20.3 Å². The van der Waals surface area contributed by atoms with Crippen molar-refractivity contribution in [3.8, 4) is 6.07 Å². The Labute approximate surface area is 217 Å². The Balaban J connectivity index is 1.69. The predicted molar refractivity (Wildman–Crippen MR) is 131 cm³/mol. The van der Waals surface area contributed by atoms with Crippen LogP contribution in [-0.2, 0) is 21.6 Å². The Bertz CT molecular complexity index is 1260. The Hall–Kier alpha value is -3.43. The minimum Gasteiger partial charge on any atom is -0.465 e. The largest absolute Gasteiger partial charge is 0.465 e. The molecule has 0 saturated heterocycles. The van der Waals surface area contributed by atoms with E-state index in [2.05, 4.69) is 21.5 Å². The van der Waals surface area contributed by atoms with Crippen LogP contribution in [0.25, 0.3) is 0 Å². The first-order chi connectivity index (χ1) is 17.9. The highest BCUT2D eigenvalue weighted by Crippen LogP contribution is 2.52. The number of aliphatic hydroxyl groups excluding tert-OH is 1. The lowest BCUT2D eigenvalue weighted by Crippen LogP contribution is -2.57. The lowest BCUT2D eigenvalue weighted by molar-refractivity contribution is -0.303. The molecule has 4 rings (SSSR count). The highest BCUT2D eigenvalue weighted by atomic mass is 19.4. The van der Waals surface area contributed by atoms with E-state index in [1.165, 1.54) is 19.1 Å². The number of nitrogens with one attached hydrogen (secondary N) is 1. The molecule has 0 spiro atoms. The van der Waals surface area contributed by atoms with Crippen LogP contribution in [0, 0.1) is 22.7 Å². The SMILES string of the molecule is CCOC(=O)C(C)(C)C(O)(c1ccc(Nc2nn(C(CC#N)C3CC3)c3c2C(O)N=CC3)cc1)C(F)(F)F. The van der Waals surface area contributed by atoms with Crippen molar-refractivity contribution in [1.82, 2.24) is 9.78 Å². The second kappa shape index (κ2) is 10.0. The molecular formula is C26H30F3N5O4. The van der Waals surface area contributed by atoms with Gasteiger partial charge in [0.2, 0.25) is 5.60 Å². The highest BCUT2D eigenvalue weighted by Gasteiger charge is 2.67. The third-order valence-corrected chi connectivity index (χ3v) is 7.29. The van der Waals surface area contributed by atoms with Crippen LogP contribution < -0.4 is 5.32 Å². The van der Waals surface area contributed by atoms with Crippen molar-refractivity contribution in [3.63, 3.8) is 0 Å². The second-order valence-electron chi connectivity index (χ2n) is 10.1. The van der Waals surface area contributed by atoms with Crippen LogP contribution in [0.4, 0.5) is 24.7 Å². The van der Waals surface area contributed by atoms with Gasteiger partial charge in [-0.25, -0.2) is 0 Å². The molecular weight excluding hydrogens is 503 g/mol. The molecule has 3 N–H and O–H groups in total. The number of carbonyl (C=O) groups excluding carboxylic acids is 1. The van der Waals surface area contributed by atoms with E-state index in [1.807, 2.05) is 0 Å². The molecule has 12 heteroatoms. The number of fused-ring (bicyclic) bond motifs is 1. The fourth-order valence-electron chi connectivity index (χ4n) is 4.93. The number of nitrogens with zero attached hydrogens (tertiary/aromatic N) is 4. The van der Waals surface area contributed by atoms with Gasteiger partial charge >= 0.3 is 12.1 Å². The topological polar surface area (TPSA) is 133 Å². The van der Waals surface area contributed by atoms with E-state index >= 15 is 0 Å². The number of aliphatic hydroxyl groups is 2. The molecule has 1 saturated carbocycles. The van der Waals surface area contributed by atoms with Crippen LogP contribution in [0.5, 0.6) is 0 Å². The van der Waals surface area contributed by atoms with Crippen molar-refractivity contribution < 1.29 is 32.9 Å². The summed E-state index contributed by atoms with van der Waals surface area (Å²) < 4.78 is 49.3. The molecule has 2 aromatic rings. The van der Waals surface area contributed by atoms with Gasteiger partial charge in [-0.05, 0) is 57.2 Å². The third-order valence-electron chi connectivity index (χ3n) is 7.29. The first kappa shape index (κ1) is 27.6. The summed E-state index contributed by atoms with van der Waals surface area (Å²) in [5.41, 5.74) is -4.89. The summed E-state index contributed by atoms with van der Waals surface area (Å²) in [6.45, 7) is 3.31. The summed E-state index contributed by atoms with van der Waals surface area (Å²) in [7, 11) is 0. The van der Waals surface area contributed by atoms with Crippen LogP contribution in [0.2, 0.25) is 0 Å². The van der Waals surface area contributed by atoms with Crippen LogP contribution >= 0.6 is 0 Å². The van der Waals surface area contributed by atoms with Crippen molar-refractivity contribution in [2.45, 2.75) is 70.5 Å². The molecule has 2 aliphatic rings. The summed E-state index contributed by atoms with van der Waals surface area (Å²) in [5.74, 6) is -0.598. The summed E-state index contributed by atoms with van der Waals surface area (Å²) in [5, 5.41) is 38.5. The van der Waals surface area contributed by atoms with E-state index in [0.717, 1.165) is 44.5 Å². The molecule has 38 heavy (non-hydrogen) atoms. The average Bonchev–Trinajstić information content (AvgIpc) is 3.64. The van der Waals surface area contributed by atoms with Crippen molar-refractivity contribution in [1.29, 1.82) is 5.26 Å². The smallest absolute Gasteiger partial charge is 0.422 e. The summed E-state index contributed by atoms with van der Waals surface area (Å²) in [6, 6.07) is 6.85. The maximum absolute atomic E-state index is 14.2. The van der Waals surface area contributed by atoms with Gasteiger partial charge in [-0.3, -0.25) is 14.5 Å². The quantitative estimate of drug-likeness (QED) is 0.406. The standard InChI is InChI=1S/C26H30F3N5O4/c1-4-38-23(36)24(2,3)25(37,26(27,28)29)16-7-9-17(10-8-16)32-21-20-19(12-14-31-22(20)35)34(33-21)18(11-13-30)15-5-6-15/h7-10,14-15,18,22,35,37H,4-6,11-12H2,1-3H3,(H,32,33). The fourth-order valence-corrected chi connectivity index (χ4v) is 4.93. The van der Waals surface area contributed by atoms with Crippen LogP contribution in [-0.4, -0.2) is 45.0 Å². The lowest BCUT2D eigenvalue weighted by atomic mass is 9.70. The number of aliphatic imine (C=N–C) groups is 1.